The molecule has 2 rings (SSSR count). The van der Waals surface area contributed by atoms with Crippen LogP contribution in [0.5, 0.6) is 5.75 Å². The summed E-state index contributed by atoms with van der Waals surface area (Å²) in [5, 5.41) is 0. The predicted octanol–water partition coefficient (Wildman–Crippen LogP) is 1.92. The van der Waals surface area contributed by atoms with Gasteiger partial charge in [-0.1, -0.05) is 25.1 Å². The van der Waals surface area contributed by atoms with Crippen LogP contribution < -0.4 is 10.2 Å². The molecule has 0 aromatic heterocycles. The topological polar surface area (TPSA) is 39.7 Å². The molecule has 2 atom stereocenters. The van der Waals surface area contributed by atoms with Gasteiger partial charge in [0.1, 0.15) is 5.75 Å². The smallest absolute Gasteiger partial charge is 0.124 e. The lowest BCUT2D eigenvalue weighted by Gasteiger charge is -2.31. The van der Waals surface area contributed by atoms with Gasteiger partial charge in [-0.2, -0.15) is 5.48 Å². The van der Waals surface area contributed by atoms with Crippen LogP contribution in [-0.4, -0.2) is 26.9 Å². The Bertz CT molecular complexity index is 356. The van der Waals surface area contributed by atoms with E-state index in [1.165, 1.54) is 0 Å². The van der Waals surface area contributed by atoms with E-state index < -0.39 is 0 Å². The van der Waals surface area contributed by atoms with Crippen LogP contribution in [0.15, 0.2) is 24.3 Å². The number of rotatable bonds is 5. The Kier molecular flexibility index (Phi) is 4.36. The molecule has 94 valence electrons. The zero-order valence-corrected chi connectivity index (χ0v) is 10.3. The molecule has 0 amide bonds. The Balaban J connectivity index is 2.00. The molecule has 4 heteroatoms. The summed E-state index contributed by atoms with van der Waals surface area (Å²) >= 11 is 0. The Morgan fingerprint density at radius 2 is 2.18 bits per heavy atom. The van der Waals surface area contributed by atoms with Crippen molar-refractivity contribution in [1.29, 1.82) is 0 Å². The number of benzene rings is 1. The van der Waals surface area contributed by atoms with E-state index in [1.807, 2.05) is 18.2 Å². The number of ether oxygens (including phenoxy) is 2. The van der Waals surface area contributed by atoms with E-state index in [2.05, 4.69) is 18.5 Å². The molecule has 1 heterocycles. The molecule has 2 unspecified atom stereocenters. The summed E-state index contributed by atoms with van der Waals surface area (Å²) in [7, 11) is 1.66. The lowest BCUT2D eigenvalue weighted by Crippen LogP contribution is -2.34. The molecule has 1 aliphatic heterocycles. The van der Waals surface area contributed by atoms with Crippen molar-refractivity contribution < 1.29 is 14.3 Å². The molecule has 0 saturated heterocycles. The van der Waals surface area contributed by atoms with Crippen LogP contribution in [0.25, 0.3) is 0 Å². The van der Waals surface area contributed by atoms with Crippen LogP contribution in [0.2, 0.25) is 0 Å². The number of hydrogen-bond acceptors (Lipinski definition) is 4. The minimum absolute atomic E-state index is 0.178. The third kappa shape index (κ3) is 2.97. The maximum atomic E-state index is 5.67. The minimum atomic E-state index is 0.178. The maximum Gasteiger partial charge on any atom is 0.124 e. The Hall–Kier alpha value is -1.10. The summed E-state index contributed by atoms with van der Waals surface area (Å²) in [5.41, 5.74) is 4.26. The highest BCUT2D eigenvalue weighted by atomic mass is 16.7. The van der Waals surface area contributed by atoms with E-state index in [-0.39, 0.29) is 6.04 Å². The molecule has 0 saturated carbocycles. The molecule has 4 nitrogen and oxygen atoms in total. The van der Waals surface area contributed by atoms with E-state index >= 15 is 0 Å². The number of hydroxylamine groups is 1. The van der Waals surface area contributed by atoms with Crippen molar-refractivity contribution in [3.8, 4) is 5.75 Å². The van der Waals surface area contributed by atoms with Crippen molar-refractivity contribution in [2.24, 2.45) is 5.92 Å². The summed E-state index contributed by atoms with van der Waals surface area (Å²) in [4.78, 5) is 5.41. The highest BCUT2D eigenvalue weighted by Gasteiger charge is 2.27. The van der Waals surface area contributed by atoms with E-state index in [4.69, 9.17) is 14.3 Å². The van der Waals surface area contributed by atoms with E-state index in [0.717, 1.165) is 11.3 Å². The second-order valence-electron chi connectivity index (χ2n) is 4.26. The van der Waals surface area contributed by atoms with Crippen LogP contribution >= 0.6 is 0 Å². The molecular formula is C13H19NO3. The molecule has 1 N–H and O–H groups in total. The third-order valence-electron chi connectivity index (χ3n) is 2.92. The lowest BCUT2D eigenvalue weighted by molar-refractivity contribution is -0.0309. The van der Waals surface area contributed by atoms with Crippen molar-refractivity contribution in [3.05, 3.63) is 29.8 Å². The second-order valence-corrected chi connectivity index (χ2v) is 4.26. The molecule has 0 aliphatic carbocycles. The molecule has 0 radical (unpaired) electrons. The normalized spacial score (nSPS) is 22.9. The highest BCUT2D eigenvalue weighted by molar-refractivity contribution is 5.37. The van der Waals surface area contributed by atoms with Crippen molar-refractivity contribution in [1.82, 2.24) is 5.48 Å². The SMILES string of the molecule is COCCONC1c2ccccc2OCC1C. The fourth-order valence-corrected chi connectivity index (χ4v) is 1.95. The van der Waals surface area contributed by atoms with Crippen molar-refractivity contribution in [3.63, 3.8) is 0 Å². The highest BCUT2D eigenvalue weighted by Crippen LogP contribution is 2.34. The van der Waals surface area contributed by atoms with Crippen LogP contribution in [0.1, 0.15) is 18.5 Å². The average molecular weight is 237 g/mol. The number of fused-ring (bicyclic) bond motifs is 1. The van der Waals surface area contributed by atoms with Crippen LogP contribution in [0.3, 0.4) is 0 Å². The fourth-order valence-electron chi connectivity index (χ4n) is 1.95. The van der Waals surface area contributed by atoms with Crippen molar-refractivity contribution in [2.75, 3.05) is 26.9 Å². The first-order valence-electron chi connectivity index (χ1n) is 5.91. The largest absolute Gasteiger partial charge is 0.493 e. The van der Waals surface area contributed by atoms with E-state index in [1.54, 1.807) is 7.11 Å². The summed E-state index contributed by atoms with van der Waals surface area (Å²) < 4.78 is 10.6. The third-order valence-corrected chi connectivity index (χ3v) is 2.92. The van der Waals surface area contributed by atoms with E-state index in [0.29, 0.717) is 25.7 Å². The van der Waals surface area contributed by atoms with Gasteiger partial charge in [0.25, 0.3) is 0 Å². The van der Waals surface area contributed by atoms with Gasteiger partial charge in [-0.3, -0.25) is 4.84 Å². The van der Waals surface area contributed by atoms with Gasteiger partial charge in [0, 0.05) is 18.6 Å². The Morgan fingerprint density at radius 1 is 1.35 bits per heavy atom. The summed E-state index contributed by atoms with van der Waals surface area (Å²) in [6, 6.07) is 8.24. The first-order valence-corrected chi connectivity index (χ1v) is 5.91. The van der Waals surface area contributed by atoms with Crippen molar-refractivity contribution in [2.45, 2.75) is 13.0 Å². The first kappa shape index (κ1) is 12.4. The standard InChI is InChI=1S/C13H19NO3/c1-10-9-16-12-6-4-3-5-11(12)13(10)14-17-8-7-15-2/h3-6,10,13-14H,7-9H2,1-2H3. The second kappa shape index (κ2) is 6.00. The quantitative estimate of drug-likeness (QED) is 0.627. The van der Waals surface area contributed by atoms with Gasteiger partial charge in [0.15, 0.2) is 0 Å². The molecule has 1 aromatic carbocycles. The zero-order chi connectivity index (χ0) is 12.1. The number of nitrogens with one attached hydrogen (secondary N) is 1. The van der Waals surface area contributed by atoms with Gasteiger partial charge in [-0.25, -0.2) is 0 Å². The monoisotopic (exact) mass is 237 g/mol. The summed E-state index contributed by atoms with van der Waals surface area (Å²) in [5.74, 6) is 1.32. The Morgan fingerprint density at radius 3 is 3.00 bits per heavy atom. The molecule has 1 aliphatic rings. The molecular weight excluding hydrogens is 218 g/mol. The number of methoxy groups -OCH3 is 1. The van der Waals surface area contributed by atoms with Gasteiger partial charge in [-0.05, 0) is 6.07 Å². The van der Waals surface area contributed by atoms with Gasteiger partial charge in [0.05, 0.1) is 25.9 Å². The van der Waals surface area contributed by atoms with E-state index in [9.17, 15) is 0 Å². The van der Waals surface area contributed by atoms with Crippen LogP contribution in [0, 0.1) is 5.92 Å². The molecule has 0 spiro atoms. The predicted molar refractivity (Wildman–Crippen MR) is 64.8 cm³/mol. The average Bonchev–Trinajstić information content (AvgIpc) is 2.37. The molecule has 0 fully saturated rings. The minimum Gasteiger partial charge on any atom is -0.493 e. The number of hydrogen-bond donors (Lipinski definition) is 1. The zero-order valence-electron chi connectivity index (χ0n) is 10.3. The van der Waals surface area contributed by atoms with Crippen molar-refractivity contribution >= 4 is 0 Å². The summed E-state index contributed by atoms with van der Waals surface area (Å²) in [6.45, 7) is 3.99. The van der Waals surface area contributed by atoms with Gasteiger partial charge in [0.2, 0.25) is 0 Å². The van der Waals surface area contributed by atoms with Gasteiger partial charge < -0.3 is 9.47 Å². The molecule has 17 heavy (non-hydrogen) atoms. The van der Waals surface area contributed by atoms with Crippen LogP contribution in [0.4, 0.5) is 0 Å². The lowest BCUT2D eigenvalue weighted by atomic mass is 9.93. The maximum absolute atomic E-state index is 5.67. The first-order chi connectivity index (χ1) is 8.33. The fraction of sp³-hybridized carbons (Fsp3) is 0.538. The van der Waals surface area contributed by atoms with Gasteiger partial charge >= 0.3 is 0 Å². The number of para-hydroxylation sites is 1. The molecule has 0 bridgehead atoms. The van der Waals surface area contributed by atoms with Crippen LogP contribution in [-0.2, 0) is 9.57 Å². The van der Waals surface area contributed by atoms with Gasteiger partial charge in [-0.15, -0.1) is 0 Å². The molecule has 1 aromatic rings. The Labute approximate surface area is 102 Å². The summed E-state index contributed by atoms with van der Waals surface area (Å²) in [6.07, 6.45) is 0.